The van der Waals surface area contributed by atoms with Gasteiger partial charge in [0.15, 0.2) is 11.6 Å². The molecular weight excluding hydrogens is 294 g/mol. The molecule has 0 spiro atoms. The molecular formula is C15H20F2N2O3. The van der Waals surface area contributed by atoms with Crippen LogP contribution in [0.4, 0.5) is 13.6 Å². The van der Waals surface area contributed by atoms with Gasteiger partial charge in [-0.2, -0.15) is 0 Å². The number of halogens is 2. The van der Waals surface area contributed by atoms with Crippen molar-refractivity contribution in [2.75, 3.05) is 6.54 Å². The van der Waals surface area contributed by atoms with E-state index in [9.17, 15) is 18.4 Å². The van der Waals surface area contributed by atoms with E-state index in [2.05, 4.69) is 10.6 Å². The molecule has 0 fully saturated rings. The lowest BCUT2D eigenvalue weighted by Crippen LogP contribution is -2.40. The van der Waals surface area contributed by atoms with Crippen LogP contribution in [0.2, 0.25) is 0 Å². The standard InChI is InChI=1S/C15H20F2N2O3/c1-9(10-5-6-11(16)12(17)7-10)19-13(20)8-18-14(21)22-15(2,3)4/h5-7,9H,8H2,1-4H3,(H,18,21)(H,19,20)/t9-/m1/s1. The first-order chi connectivity index (χ1) is 10.1. The minimum atomic E-state index is -0.981. The minimum Gasteiger partial charge on any atom is -0.444 e. The molecule has 0 unspecified atom stereocenters. The molecule has 0 radical (unpaired) electrons. The van der Waals surface area contributed by atoms with Gasteiger partial charge in [0.25, 0.3) is 0 Å². The van der Waals surface area contributed by atoms with Crippen LogP contribution in [0.5, 0.6) is 0 Å². The topological polar surface area (TPSA) is 67.4 Å². The Balaban J connectivity index is 2.47. The van der Waals surface area contributed by atoms with Crippen molar-refractivity contribution in [1.29, 1.82) is 0 Å². The van der Waals surface area contributed by atoms with Gasteiger partial charge < -0.3 is 15.4 Å². The highest BCUT2D eigenvalue weighted by atomic mass is 19.2. The molecule has 2 N–H and O–H groups in total. The van der Waals surface area contributed by atoms with Crippen molar-refractivity contribution in [2.24, 2.45) is 0 Å². The third-order valence-corrected chi connectivity index (χ3v) is 2.61. The maximum Gasteiger partial charge on any atom is 0.408 e. The number of carbonyl (C=O) groups excluding carboxylic acids is 2. The van der Waals surface area contributed by atoms with E-state index in [1.54, 1.807) is 27.7 Å². The van der Waals surface area contributed by atoms with E-state index >= 15 is 0 Å². The van der Waals surface area contributed by atoms with E-state index < -0.39 is 35.3 Å². The second-order valence-electron chi connectivity index (χ2n) is 5.82. The fourth-order valence-corrected chi connectivity index (χ4v) is 1.62. The average molecular weight is 314 g/mol. The average Bonchev–Trinajstić information content (AvgIpc) is 2.37. The largest absolute Gasteiger partial charge is 0.444 e. The van der Waals surface area contributed by atoms with Gasteiger partial charge in [0.1, 0.15) is 12.1 Å². The number of amides is 2. The van der Waals surface area contributed by atoms with Gasteiger partial charge in [-0.1, -0.05) is 6.07 Å². The molecule has 5 nitrogen and oxygen atoms in total. The minimum absolute atomic E-state index is 0.275. The first-order valence-electron chi connectivity index (χ1n) is 6.79. The molecule has 0 heterocycles. The zero-order valence-electron chi connectivity index (χ0n) is 13.0. The van der Waals surface area contributed by atoms with Crippen molar-refractivity contribution < 1.29 is 23.1 Å². The molecule has 122 valence electrons. The third-order valence-electron chi connectivity index (χ3n) is 2.61. The van der Waals surface area contributed by atoms with Crippen LogP contribution in [0.15, 0.2) is 18.2 Å². The number of alkyl carbamates (subject to hydrolysis) is 1. The Morgan fingerprint density at radius 1 is 1.23 bits per heavy atom. The van der Waals surface area contributed by atoms with Crippen molar-refractivity contribution >= 4 is 12.0 Å². The fourth-order valence-electron chi connectivity index (χ4n) is 1.62. The highest BCUT2D eigenvalue weighted by molar-refractivity contribution is 5.82. The number of nitrogens with one attached hydrogen (secondary N) is 2. The number of ether oxygens (including phenoxy) is 1. The van der Waals surface area contributed by atoms with E-state index in [1.165, 1.54) is 6.07 Å². The Labute approximate surface area is 128 Å². The van der Waals surface area contributed by atoms with Crippen LogP contribution in [0.25, 0.3) is 0 Å². The summed E-state index contributed by atoms with van der Waals surface area (Å²) in [5.41, 5.74) is -0.232. The number of rotatable bonds is 4. The Kier molecular flexibility index (Phi) is 5.84. The summed E-state index contributed by atoms with van der Waals surface area (Å²) < 4.78 is 31.0. The first-order valence-corrected chi connectivity index (χ1v) is 6.79. The second kappa shape index (κ2) is 7.20. The van der Waals surface area contributed by atoms with E-state index in [-0.39, 0.29) is 6.54 Å². The van der Waals surface area contributed by atoms with Crippen LogP contribution in [-0.2, 0) is 9.53 Å². The number of carbonyl (C=O) groups is 2. The molecule has 1 atom stereocenters. The SMILES string of the molecule is C[C@@H](NC(=O)CNC(=O)OC(C)(C)C)c1ccc(F)c(F)c1. The van der Waals surface area contributed by atoms with E-state index in [0.717, 1.165) is 12.1 Å². The first kappa shape index (κ1) is 17.9. The van der Waals surface area contributed by atoms with Gasteiger partial charge in [-0.3, -0.25) is 4.79 Å². The molecule has 0 saturated heterocycles. The van der Waals surface area contributed by atoms with Crippen LogP contribution in [-0.4, -0.2) is 24.1 Å². The van der Waals surface area contributed by atoms with Crippen molar-refractivity contribution in [3.63, 3.8) is 0 Å². The molecule has 0 saturated carbocycles. The Morgan fingerprint density at radius 2 is 1.86 bits per heavy atom. The number of benzene rings is 1. The van der Waals surface area contributed by atoms with Crippen LogP contribution >= 0.6 is 0 Å². The Hall–Kier alpha value is -2.18. The van der Waals surface area contributed by atoms with Gasteiger partial charge in [-0.25, -0.2) is 13.6 Å². The molecule has 22 heavy (non-hydrogen) atoms. The zero-order chi connectivity index (χ0) is 16.9. The maximum atomic E-state index is 13.1. The van der Waals surface area contributed by atoms with Gasteiger partial charge in [-0.15, -0.1) is 0 Å². The molecule has 0 aliphatic carbocycles. The molecule has 0 aliphatic heterocycles. The van der Waals surface area contributed by atoms with Gasteiger partial charge in [0.05, 0.1) is 6.04 Å². The molecule has 2 amide bonds. The van der Waals surface area contributed by atoms with E-state index in [1.807, 2.05) is 0 Å². The van der Waals surface area contributed by atoms with Crippen molar-refractivity contribution in [1.82, 2.24) is 10.6 Å². The summed E-state index contributed by atoms with van der Waals surface area (Å²) in [6, 6.07) is 2.86. The van der Waals surface area contributed by atoms with Crippen LogP contribution < -0.4 is 10.6 Å². The smallest absolute Gasteiger partial charge is 0.408 e. The number of hydrogen-bond acceptors (Lipinski definition) is 3. The lowest BCUT2D eigenvalue weighted by atomic mass is 10.1. The van der Waals surface area contributed by atoms with Gasteiger partial charge in [-0.05, 0) is 45.4 Å². The summed E-state index contributed by atoms with van der Waals surface area (Å²) in [7, 11) is 0. The summed E-state index contributed by atoms with van der Waals surface area (Å²) in [6.45, 7) is 6.47. The number of hydrogen-bond donors (Lipinski definition) is 2. The van der Waals surface area contributed by atoms with Crippen LogP contribution in [0.1, 0.15) is 39.3 Å². The quantitative estimate of drug-likeness (QED) is 0.898. The predicted molar refractivity (Wildman–Crippen MR) is 77.2 cm³/mol. The fraction of sp³-hybridized carbons (Fsp3) is 0.467. The molecule has 1 rings (SSSR count). The van der Waals surface area contributed by atoms with Gasteiger partial charge in [0, 0.05) is 0 Å². The van der Waals surface area contributed by atoms with Crippen LogP contribution in [0.3, 0.4) is 0 Å². The van der Waals surface area contributed by atoms with Gasteiger partial charge in [0.2, 0.25) is 5.91 Å². The summed E-state index contributed by atoms with van der Waals surface area (Å²) in [4.78, 5) is 23.1. The van der Waals surface area contributed by atoms with Crippen LogP contribution in [0, 0.1) is 11.6 Å². The van der Waals surface area contributed by atoms with Gasteiger partial charge >= 0.3 is 6.09 Å². The molecule has 0 bridgehead atoms. The lowest BCUT2D eigenvalue weighted by Gasteiger charge is -2.20. The monoisotopic (exact) mass is 314 g/mol. The van der Waals surface area contributed by atoms with E-state index in [4.69, 9.17) is 4.74 Å². The molecule has 0 aliphatic rings. The Bertz CT molecular complexity index is 556. The van der Waals surface area contributed by atoms with Crippen molar-refractivity contribution in [3.8, 4) is 0 Å². The maximum absolute atomic E-state index is 13.1. The highest BCUT2D eigenvalue weighted by Gasteiger charge is 2.17. The summed E-state index contributed by atoms with van der Waals surface area (Å²) in [6.07, 6.45) is -0.705. The molecule has 1 aromatic carbocycles. The van der Waals surface area contributed by atoms with Crippen molar-refractivity contribution in [3.05, 3.63) is 35.4 Å². The zero-order valence-corrected chi connectivity index (χ0v) is 13.0. The molecule has 0 aromatic heterocycles. The summed E-state index contributed by atoms with van der Waals surface area (Å²) in [5, 5.41) is 4.87. The summed E-state index contributed by atoms with van der Waals surface area (Å²) >= 11 is 0. The predicted octanol–water partition coefficient (Wildman–Crippen LogP) is 2.67. The van der Waals surface area contributed by atoms with Crippen molar-refractivity contribution in [2.45, 2.75) is 39.3 Å². The molecule has 1 aromatic rings. The third kappa shape index (κ3) is 6.07. The lowest BCUT2D eigenvalue weighted by molar-refractivity contribution is -0.120. The van der Waals surface area contributed by atoms with E-state index in [0.29, 0.717) is 5.56 Å². The Morgan fingerprint density at radius 3 is 2.41 bits per heavy atom. The normalized spacial score (nSPS) is 12.5. The molecule has 7 heteroatoms. The highest BCUT2D eigenvalue weighted by Crippen LogP contribution is 2.15. The second-order valence-corrected chi connectivity index (χ2v) is 5.82. The summed E-state index contributed by atoms with van der Waals surface area (Å²) in [5.74, 6) is -2.40.